The molecule has 1 aliphatic heterocycles. The Morgan fingerprint density at radius 2 is 1.94 bits per heavy atom. The van der Waals surface area contributed by atoms with Crippen LogP contribution in [0, 0.1) is 0 Å². The highest BCUT2D eigenvalue weighted by molar-refractivity contribution is 5.48. The quantitative estimate of drug-likeness (QED) is 0.862. The molecule has 0 radical (unpaired) electrons. The van der Waals surface area contributed by atoms with Gasteiger partial charge in [-0.2, -0.15) is 0 Å². The first-order chi connectivity index (χ1) is 8.11. The van der Waals surface area contributed by atoms with Crippen LogP contribution in [0.3, 0.4) is 0 Å². The number of nitrogens with one attached hydrogen (secondary N) is 1. The number of aryl methyl sites for hydroxylation is 1. The molecule has 2 nitrogen and oxygen atoms in total. The van der Waals surface area contributed by atoms with Gasteiger partial charge >= 0.3 is 0 Å². The Kier molecular flexibility index (Phi) is 3.72. The molecule has 0 aliphatic carbocycles. The third-order valence-corrected chi connectivity index (χ3v) is 3.41. The van der Waals surface area contributed by atoms with E-state index in [-0.39, 0.29) is 5.54 Å². The van der Waals surface area contributed by atoms with E-state index in [4.69, 9.17) is 0 Å². The lowest BCUT2D eigenvalue weighted by molar-refractivity contribution is 0.353. The third-order valence-electron chi connectivity index (χ3n) is 3.41. The molecule has 1 fully saturated rings. The lowest BCUT2D eigenvalue weighted by Gasteiger charge is -2.40. The number of hydrogen-bond acceptors (Lipinski definition) is 2. The van der Waals surface area contributed by atoms with Gasteiger partial charge in [-0.3, -0.25) is 0 Å². The Morgan fingerprint density at radius 3 is 2.53 bits per heavy atom. The highest BCUT2D eigenvalue weighted by Gasteiger charge is 2.25. The average molecular weight is 232 g/mol. The van der Waals surface area contributed by atoms with Gasteiger partial charge in [-0.1, -0.05) is 25.5 Å². The predicted octanol–water partition coefficient (Wildman–Crippen LogP) is 2.83. The largest absolute Gasteiger partial charge is 0.368 e. The van der Waals surface area contributed by atoms with Gasteiger partial charge in [0.1, 0.15) is 0 Å². The molecule has 17 heavy (non-hydrogen) atoms. The lowest BCUT2D eigenvalue weighted by atomic mass is 10.0. The van der Waals surface area contributed by atoms with Gasteiger partial charge < -0.3 is 10.2 Å². The standard InChI is InChI=1S/C15H24N2/c1-4-5-13-6-8-14(9-7-13)17-11-10-16-15(2,3)12-17/h6-9,16H,4-5,10-12H2,1-3H3. The summed E-state index contributed by atoms with van der Waals surface area (Å²) in [4.78, 5) is 2.48. The van der Waals surface area contributed by atoms with E-state index in [1.165, 1.54) is 24.1 Å². The van der Waals surface area contributed by atoms with Crippen molar-refractivity contribution in [2.45, 2.75) is 39.2 Å². The summed E-state index contributed by atoms with van der Waals surface area (Å²) in [5.74, 6) is 0. The number of rotatable bonds is 3. The summed E-state index contributed by atoms with van der Waals surface area (Å²) >= 11 is 0. The minimum absolute atomic E-state index is 0.223. The van der Waals surface area contributed by atoms with Crippen LogP contribution in [0.5, 0.6) is 0 Å². The van der Waals surface area contributed by atoms with E-state index in [2.05, 4.69) is 55.3 Å². The molecule has 0 aromatic heterocycles. The number of anilines is 1. The molecule has 1 saturated heterocycles. The molecule has 0 amide bonds. The van der Waals surface area contributed by atoms with Crippen molar-refractivity contribution in [1.82, 2.24) is 5.32 Å². The topological polar surface area (TPSA) is 15.3 Å². The van der Waals surface area contributed by atoms with Crippen molar-refractivity contribution in [3.8, 4) is 0 Å². The van der Waals surface area contributed by atoms with Crippen LogP contribution in [-0.4, -0.2) is 25.2 Å². The van der Waals surface area contributed by atoms with E-state index < -0.39 is 0 Å². The molecule has 0 atom stereocenters. The second-order valence-electron chi connectivity index (χ2n) is 5.65. The van der Waals surface area contributed by atoms with Crippen LogP contribution in [0.25, 0.3) is 0 Å². The lowest BCUT2D eigenvalue weighted by Crippen LogP contribution is -2.57. The van der Waals surface area contributed by atoms with Crippen LogP contribution in [0.15, 0.2) is 24.3 Å². The van der Waals surface area contributed by atoms with Crippen LogP contribution < -0.4 is 10.2 Å². The fourth-order valence-electron chi connectivity index (χ4n) is 2.52. The van der Waals surface area contributed by atoms with Crippen molar-refractivity contribution in [2.24, 2.45) is 0 Å². The van der Waals surface area contributed by atoms with E-state index in [0.29, 0.717) is 0 Å². The van der Waals surface area contributed by atoms with E-state index in [0.717, 1.165) is 19.6 Å². The van der Waals surface area contributed by atoms with Gasteiger partial charge in [0.05, 0.1) is 0 Å². The monoisotopic (exact) mass is 232 g/mol. The summed E-state index contributed by atoms with van der Waals surface area (Å²) in [6.45, 7) is 10.0. The minimum Gasteiger partial charge on any atom is -0.368 e. The fraction of sp³-hybridized carbons (Fsp3) is 0.600. The van der Waals surface area contributed by atoms with Crippen LogP contribution >= 0.6 is 0 Å². The fourth-order valence-corrected chi connectivity index (χ4v) is 2.52. The van der Waals surface area contributed by atoms with E-state index in [1.807, 2.05) is 0 Å². The molecule has 2 rings (SSSR count). The number of nitrogens with zero attached hydrogens (tertiary/aromatic N) is 1. The second-order valence-corrected chi connectivity index (χ2v) is 5.65. The van der Waals surface area contributed by atoms with Crippen LogP contribution in [0.4, 0.5) is 5.69 Å². The summed E-state index contributed by atoms with van der Waals surface area (Å²) < 4.78 is 0. The molecule has 1 aliphatic rings. The van der Waals surface area contributed by atoms with Gasteiger partial charge in [-0.05, 0) is 38.0 Å². The molecular weight excluding hydrogens is 208 g/mol. The van der Waals surface area contributed by atoms with Gasteiger partial charge in [0, 0.05) is 30.9 Å². The number of hydrogen-bond donors (Lipinski definition) is 1. The van der Waals surface area contributed by atoms with E-state index >= 15 is 0 Å². The second kappa shape index (κ2) is 5.09. The molecule has 0 saturated carbocycles. The zero-order valence-electron chi connectivity index (χ0n) is 11.3. The first kappa shape index (κ1) is 12.4. The minimum atomic E-state index is 0.223. The molecule has 1 heterocycles. The van der Waals surface area contributed by atoms with Crippen molar-refractivity contribution in [2.75, 3.05) is 24.5 Å². The van der Waals surface area contributed by atoms with Crippen molar-refractivity contribution >= 4 is 5.69 Å². The van der Waals surface area contributed by atoms with Gasteiger partial charge in [0.2, 0.25) is 0 Å². The molecule has 0 unspecified atom stereocenters. The summed E-state index contributed by atoms with van der Waals surface area (Å²) in [5.41, 5.74) is 3.03. The summed E-state index contributed by atoms with van der Waals surface area (Å²) in [5, 5.41) is 3.55. The Hall–Kier alpha value is -1.02. The first-order valence-corrected chi connectivity index (χ1v) is 6.70. The zero-order chi connectivity index (χ0) is 12.3. The van der Waals surface area contributed by atoms with Gasteiger partial charge in [-0.15, -0.1) is 0 Å². The van der Waals surface area contributed by atoms with Gasteiger partial charge in [-0.25, -0.2) is 0 Å². The van der Waals surface area contributed by atoms with Crippen molar-refractivity contribution in [3.63, 3.8) is 0 Å². The number of piperazine rings is 1. The first-order valence-electron chi connectivity index (χ1n) is 6.70. The third kappa shape index (κ3) is 3.22. The Morgan fingerprint density at radius 1 is 1.24 bits per heavy atom. The maximum atomic E-state index is 3.55. The van der Waals surface area contributed by atoms with Gasteiger partial charge in [0.15, 0.2) is 0 Å². The highest BCUT2D eigenvalue weighted by Crippen LogP contribution is 2.20. The zero-order valence-corrected chi connectivity index (χ0v) is 11.3. The van der Waals surface area contributed by atoms with Crippen LogP contribution in [0.1, 0.15) is 32.8 Å². The maximum Gasteiger partial charge on any atom is 0.0367 e. The van der Waals surface area contributed by atoms with Crippen LogP contribution in [-0.2, 0) is 6.42 Å². The normalized spacial score (nSPS) is 19.4. The highest BCUT2D eigenvalue weighted by atomic mass is 15.2. The summed E-state index contributed by atoms with van der Waals surface area (Å²) in [7, 11) is 0. The predicted molar refractivity (Wildman–Crippen MR) is 74.7 cm³/mol. The SMILES string of the molecule is CCCc1ccc(N2CCNC(C)(C)C2)cc1. The molecule has 1 aromatic rings. The Balaban J connectivity index is 2.06. The molecule has 94 valence electrons. The number of benzene rings is 1. The van der Waals surface area contributed by atoms with Gasteiger partial charge in [0.25, 0.3) is 0 Å². The van der Waals surface area contributed by atoms with E-state index in [9.17, 15) is 0 Å². The van der Waals surface area contributed by atoms with Crippen molar-refractivity contribution < 1.29 is 0 Å². The molecule has 2 heteroatoms. The van der Waals surface area contributed by atoms with Crippen LogP contribution in [0.2, 0.25) is 0 Å². The molecule has 0 bridgehead atoms. The van der Waals surface area contributed by atoms with Crippen molar-refractivity contribution in [3.05, 3.63) is 29.8 Å². The molecular formula is C15H24N2. The van der Waals surface area contributed by atoms with Crippen molar-refractivity contribution in [1.29, 1.82) is 0 Å². The van der Waals surface area contributed by atoms with E-state index in [1.54, 1.807) is 0 Å². The molecule has 0 spiro atoms. The maximum absolute atomic E-state index is 3.55. The smallest absolute Gasteiger partial charge is 0.0367 e. The molecule has 1 aromatic carbocycles. The summed E-state index contributed by atoms with van der Waals surface area (Å²) in [6.07, 6.45) is 2.41. The average Bonchev–Trinajstić information content (AvgIpc) is 2.29. The Bertz CT molecular complexity index is 354. The summed E-state index contributed by atoms with van der Waals surface area (Å²) in [6, 6.07) is 9.08. The Labute approximate surface area is 105 Å². The molecule has 1 N–H and O–H groups in total.